The molecule has 0 bridgehead atoms. The Morgan fingerprint density at radius 3 is 2.32 bits per heavy atom. The van der Waals surface area contributed by atoms with Crippen LogP contribution in [0.25, 0.3) is 0 Å². The van der Waals surface area contributed by atoms with E-state index in [4.69, 9.17) is 15.2 Å². The molecule has 1 atom stereocenters. The summed E-state index contributed by atoms with van der Waals surface area (Å²) in [6.07, 6.45) is 2.08. The quantitative estimate of drug-likeness (QED) is 0.674. The smallest absolute Gasteiger partial charge is 0.161 e. The van der Waals surface area contributed by atoms with E-state index in [9.17, 15) is 5.11 Å². The van der Waals surface area contributed by atoms with Gasteiger partial charge < -0.3 is 20.3 Å². The van der Waals surface area contributed by atoms with Gasteiger partial charge in [-0.1, -0.05) is 19.1 Å². The number of hydrogen-bond acceptors (Lipinski definition) is 4. The maximum atomic E-state index is 10.1. The van der Waals surface area contributed by atoms with Crippen molar-refractivity contribution < 1.29 is 14.6 Å². The Morgan fingerprint density at radius 2 is 1.79 bits per heavy atom. The molecule has 0 aromatic heterocycles. The van der Waals surface area contributed by atoms with Crippen molar-refractivity contribution in [2.24, 2.45) is 5.73 Å². The minimum Gasteiger partial charge on any atom is -0.490 e. The van der Waals surface area contributed by atoms with Crippen molar-refractivity contribution in [3.05, 3.63) is 24.3 Å². The average molecular weight is 267 g/mol. The van der Waals surface area contributed by atoms with Crippen LogP contribution in [0.2, 0.25) is 0 Å². The van der Waals surface area contributed by atoms with E-state index >= 15 is 0 Å². The van der Waals surface area contributed by atoms with Gasteiger partial charge in [-0.05, 0) is 38.3 Å². The predicted octanol–water partition coefficient (Wildman–Crippen LogP) is 2.34. The molecule has 3 N–H and O–H groups in total. The van der Waals surface area contributed by atoms with Gasteiger partial charge in [-0.15, -0.1) is 0 Å². The van der Waals surface area contributed by atoms with Crippen LogP contribution in [0.5, 0.6) is 11.5 Å². The van der Waals surface area contributed by atoms with Crippen molar-refractivity contribution in [3.63, 3.8) is 0 Å². The summed E-state index contributed by atoms with van der Waals surface area (Å²) >= 11 is 0. The highest BCUT2D eigenvalue weighted by atomic mass is 16.5. The van der Waals surface area contributed by atoms with Crippen LogP contribution in [0.15, 0.2) is 24.3 Å². The highest BCUT2D eigenvalue weighted by Gasteiger charge is 2.21. The topological polar surface area (TPSA) is 64.7 Å². The van der Waals surface area contributed by atoms with Crippen molar-refractivity contribution in [3.8, 4) is 11.5 Å². The summed E-state index contributed by atoms with van der Waals surface area (Å²) < 4.78 is 11.2. The fourth-order valence-electron chi connectivity index (χ4n) is 1.85. The minimum atomic E-state index is -0.761. The van der Waals surface area contributed by atoms with Crippen molar-refractivity contribution >= 4 is 0 Å². The van der Waals surface area contributed by atoms with Crippen LogP contribution in [0.3, 0.4) is 0 Å². The number of para-hydroxylation sites is 2. The molecule has 108 valence electrons. The lowest BCUT2D eigenvalue weighted by molar-refractivity contribution is 0.0308. The van der Waals surface area contributed by atoms with Crippen LogP contribution in [0.1, 0.15) is 33.1 Å². The highest BCUT2D eigenvalue weighted by molar-refractivity contribution is 5.39. The molecule has 1 unspecified atom stereocenters. The van der Waals surface area contributed by atoms with Crippen LogP contribution in [-0.4, -0.2) is 30.5 Å². The van der Waals surface area contributed by atoms with Gasteiger partial charge in [0.05, 0.1) is 18.8 Å². The third kappa shape index (κ3) is 5.09. The maximum Gasteiger partial charge on any atom is 0.161 e. The van der Waals surface area contributed by atoms with Crippen LogP contribution in [0, 0.1) is 0 Å². The molecule has 0 amide bonds. The number of rotatable bonds is 9. The first-order valence-electron chi connectivity index (χ1n) is 6.92. The van der Waals surface area contributed by atoms with E-state index in [0.29, 0.717) is 32.6 Å². The van der Waals surface area contributed by atoms with Crippen LogP contribution in [-0.2, 0) is 0 Å². The molecular formula is C15H25NO3. The third-order valence-corrected chi connectivity index (χ3v) is 3.23. The van der Waals surface area contributed by atoms with E-state index in [0.717, 1.165) is 17.9 Å². The maximum absolute atomic E-state index is 10.1. The second-order valence-corrected chi connectivity index (χ2v) is 4.61. The van der Waals surface area contributed by atoms with Crippen LogP contribution < -0.4 is 15.2 Å². The number of aliphatic hydroxyl groups is 1. The lowest BCUT2D eigenvalue weighted by Crippen LogP contribution is -2.37. The Morgan fingerprint density at radius 1 is 1.16 bits per heavy atom. The lowest BCUT2D eigenvalue weighted by atomic mass is 9.95. The molecule has 1 rings (SSSR count). The van der Waals surface area contributed by atoms with Gasteiger partial charge in [0.2, 0.25) is 0 Å². The summed E-state index contributed by atoms with van der Waals surface area (Å²) in [5, 5.41) is 10.1. The largest absolute Gasteiger partial charge is 0.490 e. The zero-order valence-corrected chi connectivity index (χ0v) is 11.9. The van der Waals surface area contributed by atoms with E-state index in [2.05, 4.69) is 0 Å². The van der Waals surface area contributed by atoms with Gasteiger partial charge in [0.1, 0.15) is 0 Å². The number of nitrogens with two attached hydrogens (primary N) is 1. The third-order valence-electron chi connectivity index (χ3n) is 3.23. The lowest BCUT2D eigenvalue weighted by Gasteiger charge is -2.24. The molecule has 0 saturated carbocycles. The molecule has 1 aromatic carbocycles. The van der Waals surface area contributed by atoms with Gasteiger partial charge in [-0.2, -0.15) is 0 Å². The van der Waals surface area contributed by atoms with Crippen LogP contribution in [0.4, 0.5) is 0 Å². The molecule has 0 spiro atoms. The van der Waals surface area contributed by atoms with E-state index in [1.54, 1.807) is 0 Å². The van der Waals surface area contributed by atoms with Crippen molar-refractivity contribution in [1.29, 1.82) is 0 Å². The van der Waals surface area contributed by atoms with Crippen molar-refractivity contribution in [2.75, 3.05) is 19.8 Å². The van der Waals surface area contributed by atoms with E-state index in [1.807, 2.05) is 38.1 Å². The first-order chi connectivity index (χ1) is 9.15. The van der Waals surface area contributed by atoms with E-state index < -0.39 is 5.60 Å². The molecule has 0 fully saturated rings. The number of ether oxygens (including phenoxy) is 2. The summed E-state index contributed by atoms with van der Waals surface area (Å²) in [6, 6.07) is 7.61. The van der Waals surface area contributed by atoms with Gasteiger partial charge in [0.25, 0.3) is 0 Å². The van der Waals surface area contributed by atoms with Crippen molar-refractivity contribution in [1.82, 2.24) is 0 Å². The molecule has 4 heteroatoms. The monoisotopic (exact) mass is 267 g/mol. The Labute approximate surface area is 115 Å². The zero-order valence-electron chi connectivity index (χ0n) is 11.9. The normalized spacial score (nSPS) is 13.9. The summed E-state index contributed by atoms with van der Waals surface area (Å²) in [4.78, 5) is 0. The Kier molecular flexibility index (Phi) is 6.67. The number of benzene rings is 1. The number of hydrogen-bond donors (Lipinski definition) is 2. The summed E-state index contributed by atoms with van der Waals surface area (Å²) in [6.45, 7) is 5.34. The molecule has 0 aliphatic heterocycles. The highest BCUT2D eigenvalue weighted by Crippen LogP contribution is 2.26. The molecule has 0 aliphatic rings. The minimum absolute atomic E-state index is 0.291. The van der Waals surface area contributed by atoms with Gasteiger partial charge in [0, 0.05) is 6.54 Å². The second kappa shape index (κ2) is 8.02. The van der Waals surface area contributed by atoms with Gasteiger partial charge >= 0.3 is 0 Å². The Balaban J connectivity index is 2.41. The molecule has 4 nitrogen and oxygen atoms in total. The molecule has 19 heavy (non-hydrogen) atoms. The Hall–Kier alpha value is -1.26. The van der Waals surface area contributed by atoms with Gasteiger partial charge in [0.15, 0.2) is 11.5 Å². The summed E-state index contributed by atoms with van der Waals surface area (Å²) in [7, 11) is 0. The summed E-state index contributed by atoms with van der Waals surface area (Å²) in [5.41, 5.74) is 4.80. The average Bonchev–Trinajstić information content (AvgIpc) is 2.45. The van der Waals surface area contributed by atoms with Crippen LogP contribution >= 0.6 is 0 Å². The molecular weight excluding hydrogens is 242 g/mol. The van der Waals surface area contributed by atoms with Gasteiger partial charge in [-0.3, -0.25) is 0 Å². The molecule has 0 radical (unpaired) electrons. The molecule has 0 aliphatic carbocycles. The van der Waals surface area contributed by atoms with E-state index in [1.165, 1.54) is 0 Å². The fraction of sp³-hybridized carbons (Fsp3) is 0.600. The Bertz CT molecular complexity index is 364. The van der Waals surface area contributed by atoms with Gasteiger partial charge in [-0.25, -0.2) is 0 Å². The molecule has 1 aromatic rings. The standard InChI is InChI=1S/C15H25NO3/c1-3-15(17,12-16)10-7-11-19-14-9-6-5-8-13(14)18-4-2/h5-6,8-9,17H,3-4,7,10-12,16H2,1-2H3. The molecule has 0 saturated heterocycles. The fourth-order valence-corrected chi connectivity index (χ4v) is 1.85. The summed E-state index contributed by atoms with van der Waals surface area (Å²) in [5.74, 6) is 1.51. The zero-order chi connectivity index (χ0) is 14.1. The SMILES string of the molecule is CCOc1ccccc1OCCCC(O)(CC)CN. The van der Waals surface area contributed by atoms with Crippen molar-refractivity contribution in [2.45, 2.75) is 38.7 Å². The predicted molar refractivity (Wildman–Crippen MR) is 76.6 cm³/mol. The van der Waals surface area contributed by atoms with E-state index in [-0.39, 0.29) is 0 Å². The first-order valence-corrected chi connectivity index (χ1v) is 6.92. The second-order valence-electron chi connectivity index (χ2n) is 4.61. The molecule has 0 heterocycles. The first kappa shape index (κ1) is 15.8.